The average Bonchev–Trinajstić information content (AvgIpc) is 2.45. The van der Waals surface area contributed by atoms with Crippen molar-refractivity contribution in [3.63, 3.8) is 0 Å². The van der Waals surface area contributed by atoms with Gasteiger partial charge in [0.1, 0.15) is 0 Å². The second kappa shape index (κ2) is 8.40. The van der Waals surface area contributed by atoms with Crippen LogP contribution in [0.3, 0.4) is 0 Å². The molecule has 0 aliphatic heterocycles. The minimum Gasteiger partial charge on any atom is -0.377 e. The first-order chi connectivity index (χ1) is 9.54. The predicted octanol–water partition coefficient (Wildman–Crippen LogP) is 2.69. The predicted molar refractivity (Wildman–Crippen MR) is 85.9 cm³/mol. The lowest BCUT2D eigenvalue weighted by Gasteiger charge is -2.41. The van der Waals surface area contributed by atoms with Gasteiger partial charge in [0, 0.05) is 18.6 Å². The van der Waals surface area contributed by atoms with Crippen molar-refractivity contribution in [2.75, 3.05) is 26.7 Å². The highest BCUT2D eigenvalue weighted by atomic mass is 16.5. The molecule has 3 nitrogen and oxygen atoms in total. The lowest BCUT2D eigenvalue weighted by atomic mass is 9.86. The van der Waals surface area contributed by atoms with Crippen molar-refractivity contribution in [3.05, 3.63) is 35.9 Å². The van der Waals surface area contributed by atoms with Gasteiger partial charge in [-0.05, 0) is 39.3 Å². The fraction of sp³-hybridized carbons (Fsp3) is 0.647. The smallest absolute Gasteiger partial charge is 0.0597 e. The highest BCUT2D eigenvalue weighted by Gasteiger charge is 2.31. The first-order valence-electron chi connectivity index (χ1n) is 7.61. The van der Waals surface area contributed by atoms with Gasteiger partial charge in [-0.25, -0.2) is 0 Å². The summed E-state index contributed by atoms with van der Waals surface area (Å²) in [5.74, 6) is 0. The summed E-state index contributed by atoms with van der Waals surface area (Å²) in [5.41, 5.74) is 7.48. The van der Waals surface area contributed by atoms with Gasteiger partial charge in [0.15, 0.2) is 0 Å². The summed E-state index contributed by atoms with van der Waals surface area (Å²) in [6.07, 6.45) is 2.31. The minimum absolute atomic E-state index is 0.0156. The SMILES string of the molecule is CCC(CN)(Cc1ccccc1)N(C)CCOC(C)C. The molecule has 114 valence electrons. The maximum atomic E-state index is 6.12. The maximum Gasteiger partial charge on any atom is 0.0597 e. The topological polar surface area (TPSA) is 38.5 Å². The van der Waals surface area contributed by atoms with E-state index < -0.39 is 0 Å². The van der Waals surface area contributed by atoms with E-state index >= 15 is 0 Å². The van der Waals surface area contributed by atoms with Crippen LogP contribution in [0.15, 0.2) is 30.3 Å². The molecule has 1 unspecified atom stereocenters. The summed E-state index contributed by atoms with van der Waals surface area (Å²) in [6, 6.07) is 10.6. The van der Waals surface area contributed by atoms with Gasteiger partial charge in [-0.15, -0.1) is 0 Å². The van der Waals surface area contributed by atoms with Crippen molar-refractivity contribution < 1.29 is 4.74 Å². The zero-order valence-corrected chi connectivity index (χ0v) is 13.4. The van der Waals surface area contributed by atoms with Gasteiger partial charge in [0.05, 0.1) is 12.7 Å². The van der Waals surface area contributed by atoms with E-state index in [1.54, 1.807) is 0 Å². The molecular formula is C17H30N2O. The van der Waals surface area contributed by atoms with Crippen molar-refractivity contribution in [1.82, 2.24) is 4.90 Å². The molecule has 0 fully saturated rings. The summed E-state index contributed by atoms with van der Waals surface area (Å²) < 4.78 is 5.66. The van der Waals surface area contributed by atoms with Crippen LogP contribution in [0.2, 0.25) is 0 Å². The van der Waals surface area contributed by atoms with Gasteiger partial charge in [-0.1, -0.05) is 37.3 Å². The molecule has 2 N–H and O–H groups in total. The molecule has 0 aromatic heterocycles. The number of nitrogens with zero attached hydrogens (tertiary/aromatic N) is 1. The monoisotopic (exact) mass is 278 g/mol. The fourth-order valence-electron chi connectivity index (χ4n) is 2.54. The number of rotatable bonds is 9. The van der Waals surface area contributed by atoms with Crippen molar-refractivity contribution in [3.8, 4) is 0 Å². The van der Waals surface area contributed by atoms with Crippen LogP contribution in [0.25, 0.3) is 0 Å². The van der Waals surface area contributed by atoms with Crippen LogP contribution < -0.4 is 5.73 Å². The Morgan fingerprint density at radius 2 is 1.90 bits per heavy atom. The van der Waals surface area contributed by atoms with Gasteiger partial charge in [-0.2, -0.15) is 0 Å². The Morgan fingerprint density at radius 1 is 1.25 bits per heavy atom. The van der Waals surface area contributed by atoms with E-state index in [-0.39, 0.29) is 11.6 Å². The Kier molecular flexibility index (Phi) is 7.20. The van der Waals surface area contributed by atoms with Gasteiger partial charge in [-0.3, -0.25) is 4.90 Å². The van der Waals surface area contributed by atoms with Crippen LogP contribution in [-0.4, -0.2) is 43.3 Å². The minimum atomic E-state index is 0.0156. The Labute approximate surface area is 124 Å². The summed E-state index contributed by atoms with van der Waals surface area (Å²) in [6.45, 7) is 8.69. The third kappa shape index (κ3) is 4.89. The number of hydrogen-bond donors (Lipinski definition) is 1. The Hall–Kier alpha value is -0.900. The fourth-order valence-corrected chi connectivity index (χ4v) is 2.54. The Morgan fingerprint density at radius 3 is 2.40 bits per heavy atom. The summed E-state index contributed by atoms with van der Waals surface area (Å²) in [4.78, 5) is 2.36. The van der Waals surface area contributed by atoms with Crippen LogP contribution in [0.4, 0.5) is 0 Å². The Bertz CT molecular complexity index is 361. The molecule has 0 saturated heterocycles. The largest absolute Gasteiger partial charge is 0.377 e. The van der Waals surface area contributed by atoms with Gasteiger partial charge >= 0.3 is 0 Å². The second-order valence-corrected chi connectivity index (χ2v) is 5.79. The third-order valence-corrected chi connectivity index (χ3v) is 4.10. The molecule has 0 aliphatic rings. The van der Waals surface area contributed by atoms with Gasteiger partial charge in [0.25, 0.3) is 0 Å². The molecule has 0 heterocycles. The Balaban J connectivity index is 2.69. The zero-order chi connectivity index (χ0) is 15.0. The summed E-state index contributed by atoms with van der Waals surface area (Å²) >= 11 is 0. The summed E-state index contributed by atoms with van der Waals surface area (Å²) in [5, 5.41) is 0. The number of nitrogens with two attached hydrogens (primary N) is 1. The molecular weight excluding hydrogens is 248 g/mol. The molecule has 1 aromatic carbocycles. The van der Waals surface area contributed by atoms with Crippen LogP contribution >= 0.6 is 0 Å². The normalized spacial score (nSPS) is 14.8. The highest BCUT2D eigenvalue weighted by molar-refractivity contribution is 5.18. The lowest BCUT2D eigenvalue weighted by Crippen LogP contribution is -2.54. The lowest BCUT2D eigenvalue weighted by molar-refractivity contribution is 0.0333. The molecule has 0 aliphatic carbocycles. The molecule has 1 atom stereocenters. The molecule has 1 rings (SSSR count). The quantitative estimate of drug-likeness (QED) is 0.755. The van der Waals surface area contributed by atoms with E-state index in [4.69, 9.17) is 10.5 Å². The molecule has 0 amide bonds. The van der Waals surface area contributed by atoms with Gasteiger partial charge in [0.2, 0.25) is 0 Å². The molecule has 1 aromatic rings. The molecule has 0 bridgehead atoms. The number of likely N-dealkylation sites (N-methyl/N-ethyl adjacent to an activating group) is 1. The van der Waals surface area contributed by atoms with Crippen molar-refractivity contribution in [1.29, 1.82) is 0 Å². The molecule has 0 radical (unpaired) electrons. The third-order valence-electron chi connectivity index (χ3n) is 4.10. The van der Waals surface area contributed by atoms with Crippen molar-refractivity contribution in [2.24, 2.45) is 5.73 Å². The zero-order valence-electron chi connectivity index (χ0n) is 13.4. The van der Waals surface area contributed by atoms with E-state index in [1.165, 1.54) is 5.56 Å². The maximum absolute atomic E-state index is 6.12. The van der Waals surface area contributed by atoms with Crippen molar-refractivity contribution >= 4 is 0 Å². The number of ether oxygens (including phenoxy) is 1. The first-order valence-corrected chi connectivity index (χ1v) is 7.61. The molecule has 3 heteroatoms. The number of benzene rings is 1. The van der Waals surface area contributed by atoms with Crippen LogP contribution in [0, 0.1) is 0 Å². The second-order valence-electron chi connectivity index (χ2n) is 5.79. The van der Waals surface area contributed by atoms with Crippen LogP contribution in [-0.2, 0) is 11.2 Å². The standard InChI is InChI=1S/C17H30N2O/c1-5-17(14-18,13-16-9-7-6-8-10-16)19(4)11-12-20-15(2)3/h6-10,15H,5,11-14,18H2,1-4H3. The van der Waals surface area contributed by atoms with Crippen LogP contribution in [0.5, 0.6) is 0 Å². The highest BCUT2D eigenvalue weighted by Crippen LogP contribution is 2.22. The number of hydrogen-bond acceptors (Lipinski definition) is 3. The van der Waals surface area contributed by atoms with Crippen LogP contribution in [0.1, 0.15) is 32.8 Å². The van der Waals surface area contributed by atoms with E-state index in [2.05, 4.69) is 63.1 Å². The first kappa shape index (κ1) is 17.2. The molecule has 0 saturated carbocycles. The van der Waals surface area contributed by atoms with E-state index in [1.807, 2.05) is 0 Å². The molecule has 20 heavy (non-hydrogen) atoms. The van der Waals surface area contributed by atoms with Gasteiger partial charge < -0.3 is 10.5 Å². The van der Waals surface area contributed by atoms with E-state index in [9.17, 15) is 0 Å². The summed E-state index contributed by atoms with van der Waals surface area (Å²) in [7, 11) is 2.16. The van der Waals surface area contributed by atoms with Crippen molar-refractivity contribution in [2.45, 2.75) is 45.3 Å². The van der Waals surface area contributed by atoms with E-state index in [0.717, 1.165) is 26.0 Å². The average molecular weight is 278 g/mol. The van der Waals surface area contributed by atoms with E-state index in [0.29, 0.717) is 6.54 Å². The molecule has 0 spiro atoms.